The highest BCUT2D eigenvalue weighted by atomic mass is 32.2. The average molecular weight is 326 g/mol. The van der Waals surface area contributed by atoms with Crippen molar-refractivity contribution in [1.82, 2.24) is 9.80 Å². The summed E-state index contributed by atoms with van der Waals surface area (Å²) in [7, 11) is 0. The summed E-state index contributed by atoms with van der Waals surface area (Å²) in [5.41, 5.74) is 0. The van der Waals surface area contributed by atoms with E-state index in [-0.39, 0.29) is 17.9 Å². The molecule has 0 spiro atoms. The molecule has 1 N–H and O–H groups in total. The summed E-state index contributed by atoms with van der Waals surface area (Å²) < 4.78 is 0. The van der Waals surface area contributed by atoms with Crippen LogP contribution in [0.25, 0.3) is 0 Å². The Balaban J connectivity index is 1.84. The number of carboxylic acids is 1. The predicted molar refractivity (Wildman–Crippen MR) is 82.3 cm³/mol. The molecule has 6 nitrogen and oxygen atoms in total. The van der Waals surface area contributed by atoms with Gasteiger partial charge in [0.2, 0.25) is 11.8 Å². The lowest BCUT2D eigenvalue weighted by atomic mass is 9.84. The molecule has 2 saturated heterocycles. The van der Waals surface area contributed by atoms with Crippen LogP contribution in [0.4, 0.5) is 0 Å². The summed E-state index contributed by atoms with van der Waals surface area (Å²) in [6.07, 6.45) is 4.63. The lowest BCUT2D eigenvalue weighted by Gasteiger charge is -2.36. The van der Waals surface area contributed by atoms with E-state index in [0.717, 1.165) is 25.7 Å². The summed E-state index contributed by atoms with van der Waals surface area (Å²) in [5.74, 6) is 0.197. The Morgan fingerprint density at radius 1 is 1.14 bits per heavy atom. The molecule has 0 aromatic carbocycles. The molecule has 0 radical (unpaired) electrons. The number of carbonyl (C=O) groups is 3. The van der Waals surface area contributed by atoms with Crippen molar-refractivity contribution in [3.05, 3.63) is 0 Å². The monoisotopic (exact) mass is 326 g/mol. The summed E-state index contributed by atoms with van der Waals surface area (Å²) in [6, 6.07) is -1.17. The first-order chi connectivity index (χ1) is 10.5. The third kappa shape index (κ3) is 2.59. The Hall–Kier alpha value is -1.24. The molecule has 3 fully saturated rings. The van der Waals surface area contributed by atoms with Gasteiger partial charge in [-0.15, -0.1) is 11.8 Å². The SMILES string of the molecule is CC(=O)N1CSC[C@@H]1C(=O)N1[C@@H]2CCCC[C@@H]2C[C@H]1C(=O)O. The molecule has 2 heterocycles. The molecule has 22 heavy (non-hydrogen) atoms. The minimum absolute atomic E-state index is 0.0433. The Kier molecular flexibility index (Phi) is 4.34. The fraction of sp³-hybridized carbons (Fsp3) is 0.800. The van der Waals surface area contributed by atoms with E-state index in [1.165, 1.54) is 6.92 Å². The van der Waals surface area contributed by atoms with Crippen LogP contribution in [0.5, 0.6) is 0 Å². The summed E-state index contributed by atoms with van der Waals surface area (Å²) in [6.45, 7) is 1.47. The fourth-order valence-corrected chi connectivity index (χ4v) is 5.34. The maximum absolute atomic E-state index is 13.0. The van der Waals surface area contributed by atoms with Gasteiger partial charge in [-0.2, -0.15) is 0 Å². The van der Waals surface area contributed by atoms with Crippen molar-refractivity contribution in [1.29, 1.82) is 0 Å². The van der Waals surface area contributed by atoms with Gasteiger partial charge in [-0.05, 0) is 25.2 Å². The molecule has 122 valence electrons. The van der Waals surface area contributed by atoms with Crippen LogP contribution >= 0.6 is 11.8 Å². The van der Waals surface area contributed by atoms with Gasteiger partial charge in [-0.3, -0.25) is 9.59 Å². The molecular formula is C15H22N2O4S. The molecule has 1 aliphatic carbocycles. The minimum Gasteiger partial charge on any atom is -0.480 e. The van der Waals surface area contributed by atoms with Gasteiger partial charge in [-0.1, -0.05) is 12.8 Å². The number of carbonyl (C=O) groups excluding carboxylic acids is 2. The highest BCUT2D eigenvalue weighted by molar-refractivity contribution is 7.99. The van der Waals surface area contributed by atoms with Crippen molar-refractivity contribution in [2.75, 3.05) is 11.6 Å². The molecule has 3 aliphatic rings. The van der Waals surface area contributed by atoms with E-state index in [0.29, 0.717) is 24.0 Å². The van der Waals surface area contributed by atoms with E-state index in [4.69, 9.17) is 0 Å². The van der Waals surface area contributed by atoms with Crippen molar-refractivity contribution >= 4 is 29.5 Å². The van der Waals surface area contributed by atoms with Gasteiger partial charge in [0, 0.05) is 18.7 Å². The quantitative estimate of drug-likeness (QED) is 0.824. The molecule has 0 unspecified atom stereocenters. The fourth-order valence-electron chi connectivity index (χ4n) is 4.13. The first kappa shape index (κ1) is 15.6. The number of carboxylic acid groups (broad SMARTS) is 1. The van der Waals surface area contributed by atoms with Crippen LogP contribution in [0, 0.1) is 5.92 Å². The Morgan fingerprint density at radius 2 is 1.86 bits per heavy atom. The molecule has 0 aromatic heterocycles. The summed E-state index contributed by atoms with van der Waals surface area (Å²) in [4.78, 5) is 39.5. The van der Waals surface area contributed by atoms with Crippen molar-refractivity contribution < 1.29 is 19.5 Å². The zero-order chi connectivity index (χ0) is 15.9. The number of thioether (sulfide) groups is 1. The van der Waals surface area contributed by atoms with Gasteiger partial charge in [0.1, 0.15) is 12.1 Å². The highest BCUT2D eigenvalue weighted by Crippen LogP contribution is 2.41. The van der Waals surface area contributed by atoms with Gasteiger partial charge in [-0.25, -0.2) is 4.79 Å². The number of aliphatic carboxylic acids is 1. The zero-order valence-electron chi connectivity index (χ0n) is 12.7. The first-order valence-corrected chi connectivity index (χ1v) is 9.06. The largest absolute Gasteiger partial charge is 0.480 e. The minimum atomic E-state index is -0.914. The van der Waals surface area contributed by atoms with Crippen LogP contribution in [0.1, 0.15) is 39.0 Å². The van der Waals surface area contributed by atoms with E-state index >= 15 is 0 Å². The maximum Gasteiger partial charge on any atom is 0.326 e. The second-order valence-corrected chi connectivity index (χ2v) is 7.45. The molecule has 1 saturated carbocycles. The molecule has 7 heteroatoms. The molecular weight excluding hydrogens is 304 g/mol. The number of rotatable bonds is 2. The van der Waals surface area contributed by atoms with Crippen molar-refractivity contribution in [3.8, 4) is 0 Å². The van der Waals surface area contributed by atoms with E-state index < -0.39 is 18.1 Å². The molecule has 3 rings (SSSR count). The van der Waals surface area contributed by atoms with E-state index in [9.17, 15) is 19.5 Å². The summed E-state index contributed by atoms with van der Waals surface area (Å²) in [5, 5.41) is 9.52. The topological polar surface area (TPSA) is 77.9 Å². The van der Waals surface area contributed by atoms with Crippen LogP contribution in [-0.4, -0.2) is 62.4 Å². The maximum atomic E-state index is 13.0. The smallest absolute Gasteiger partial charge is 0.326 e. The zero-order valence-corrected chi connectivity index (χ0v) is 13.6. The predicted octanol–water partition coefficient (Wildman–Crippen LogP) is 1.15. The van der Waals surface area contributed by atoms with Gasteiger partial charge in [0.15, 0.2) is 0 Å². The van der Waals surface area contributed by atoms with Gasteiger partial charge < -0.3 is 14.9 Å². The van der Waals surface area contributed by atoms with Gasteiger partial charge >= 0.3 is 5.97 Å². The Labute approximate surface area is 134 Å². The van der Waals surface area contributed by atoms with E-state index in [2.05, 4.69) is 0 Å². The third-order valence-corrected chi connectivity index (χ3v) is 6.21. The van der Waals surface area contributed by atoms with Gasteiger partial charge in [0.25, 0.3) is 0 Å². The lowest BCUT2D eigenvalue weighted by Crippen LogP contribution is -2.54. The van der Waals surface area contributed by atoms with Crippen LogP contribution in [-0.2, 0) is 14.4 Å². The van der Waals surface area contributed by atoms with Crippen LogP contribution in [0.15, 0.2) is 0 Å². The molecule has 4 atom stereocenters. The van der Waals surface area contributed by atoms with Crippen LogP contribution in [0.2, 0.25) is 0 Å². The number of likely N-dealkylation sites (tertiary alicyclic amines) is 1. The highest BCUT2D eigenvalue weighted by Gasteiger charge is 2.50. The first-order valence-electron chi connectivity index (χ1n) is 7.90. The second kappa shape index (κ2) is 6.10. The average Bonchev–Trinajstić information content (AvgIpc) is 3.11. The summed E-state index contributed by atoms with van der Waals surface area (Å²) >= 11 is 1.55. The second-order valence-electron chi connectivity index (χ2n) is 6.45. The molecule has 2 amide bonds. The number of nitrogens with zero attached hydrogens (tertiary/aromatic N) is 2. The normalized spacial score (nSPS) is 34.6. The van der Waals surface area contributed by atoms with Crippen LogP contribution < -0.4 is 0 Å². The van der Waals surface area contributed by atoms with Crippen molar-refractivity contribution in [2.45, 2.75) is 57.2 Å². The number of hydrogen-bond donors (Lipinski definition) is 1. The van der Waals surface area contributed by atoms with Crippen molar-refractivity contribution in [2.24, 2.45) is 5.92 Å². The van der Waals surface area contributed by atoms with E-state index in [1.807, 2.05) is 0 Å². The Bertz CT molecular complexity index is 498. The molecule has 0 aromatic rings. The lowest BCUT2D eigenvalue weighted by molar-refractivity contribution is -0.153. The number of amides is 2. The molecule has 0 bridgehead atoms. The number of hydrogen-bond acceptors (Lipinski definition) is 4. The van der Waals surface area contributed by atoms with Crippen LogP contribution in [0.3, 0.4) is 0 Å². The molecule has 2 aliphatic heterocycles. The standard InChI is InChI=1S/C15H22N2O4S/c1-9(18)16-8-22-7-13(16)14(19)17-11-5-3-2-4-10(11)6-12(17)15(20)21/h10-13H,2-8H2,1H3,(H,20,21)/t10-,11-,12+,13-/m1/s1. The number of fused-ring (bicyclic) bond motifs is 1. The van der Waals surface area contributed by atoms with Gasteiger partial charge in [0.05, 0.1) is 5.88 Å². The Morgan fingerprint density at radius 3 is 2.55 bits per heavy atom. The van der Waals surface area contributed by atoms with E-state index in [1.54, 1.807) is 21.6 Å². The van der Waals surface area contributed by atoms with Crippen molar-refractivity contribution in [3.63, 3.8) is 0 Å². The third-order valence-electron chi connectivity index (χ3n) is 5.20.